The smallest absolute Gasteiger partial charge is 0.162 e. The summed E-state index contributed by atoms with van der Waals surface area (Å²) in [5.41, 5.74) is 1.69. The van der Waals surface area contributed by atoms with Crippen LogP contribution in [0.2, 0.25) is 0 Å². The molecule has 4 nitrogen and oxygen atoms in total. The average molecular weight is 302 g/mol. The molecule has 3 aliphatic carbocycles. The lowest BCUT2D eigenvalue weighted by Gasteiger charge is -2.49. The second kappa shape index (κ2) is 4.48. The Morgan fingerprint density at radius 3 is 2.77 bits per heavy atom. The molecular formula is C18H22O4. The number of hydrogen-bond donors (Lipinski definition) is 3. The summed E-state index contributed by atoms with van der Waals surface area (Å²) >= 11 is 0. The summed E-state index contributed by atoms with van der Waals surface area (Å²) in [5, 5.41) is 30.3. The predicted molar refractivity (Wildman–Crippen MR) is 80.8 cm³/mol. The lowest BCUT2D eigenvalue weighted by atomic mass is 9.55. The SMILES string of the molecule is C[C@]12CC[C@@H]3c4c(O)cc(O)cc4CC[C@@H]3[C@@H]1CC(=O)[C@@H]2O. The molecule has 0 radical (unpaired) electrons. The molecular weight excluding hydrogens is 280 g/mol. The molecule has 5 atom stereocenters. The quantitative estimate of drug-likeness (QED) is 0.688. The van der Waals surface area contributed by atoms with Crippen LogP contribution in [0.15, 0.2) is 12.1 Å². The molecule has 4 heteroatoms. The number of benzene rings is 1. The Bertz CT molecular complexity index is 653. The predicted octanol–water partition coefficient (Wildman–Crippen LogP) is 2.49. The van der Waals surface area contributed by atoms with Crippen molar-refractivity contribution in [1.82, 2.24) is 0 Å². The fourth-order valence-corrected chi connectivity index (χ4v) is 5.45. The normalized spacial score (nSPS) is 40.0. The molecule has 3 aliphatic rings. The lowest BCUT2D eigenvalue weighted by Crippen LogP contribution is -2.44. The molecule has 0 saturated heterocycles. The van der Waals surface area contributed by atoms with E-state index >= 15 is 0 Å². The maximum atomic E-state index is 12.0. The topological polar surface area (TPSA) is 77.8 Å². The average Bonchev–Trinajstić information content (AvgIpc) is 2.70. The number of aliphatic hydroxyl groups is 1. The number of fused-ring (bicyclic) bond motifs is 5. The minimum atomic E-state index is -0.826. The van der Waals surface area contributed by atoms with Crippen LogP contribution in [-0.4, -0.2) is 27.2 Å². The van der Waals surface area contributed by atoms with Crippen LogP contribution < -0.4 is 0 Å². The Hall–Kier alpha value is -1.55. The third-order valence-corrected chi connectivity index (χ3v) is 6.57. The molecule has 118 valence electrons. The summed E-state index contributed by atoms with van der Waals surface area (Å²) < 4.78 is 0. The Kier molecular flexibility index (Phi) is 2.86. The summed E-state index contributed by atoms with van der Waals surface area (Å²) in [6, 6.07) is 3.18. The van der Waals surface area contributed by atoms with Gasteiger partial charge < -0.3 is 15.3 Å². The van der Waals surface area contributed by atoms with Crippen LogP contribution in [0.25, 0.3) is 0 Å². The molecule has 1 aromatic rings. The van der Waals surface area contributed by atoms with E-state index in [0.29, 0.717) is 12.3 Å². The lowest BCUT2D eigenvalue weighted by molar-refractivity contribution is -0.128. The molecule has 0 amide bonds. The highest BCUT2D eigenvalue weighted by Crippen LogP contribution is 2.61. The van der Waals surface area contributed by atoms with Crippen LogP contribution in [0, 0.1) is 17.3 Å². The highest BCUT2D eigenvalue weighted by Gasteiger charge is 2.58. The number of carbonyl (C=O) groups excluding carboxylic acids is 1. The van der Waals surface area contributed by atoms with Gasteiger partial charge in [0.1, 0.15) is 17.6 Å². The minimum absolute atomic E-state index is 0.0196. The van der Waals surface area contributed by atoms with Gasteiger partial charge in [-0.25, -0.2) is 0 Å². The van der Waals surface area contributed by atoms with Crippen molar-refractivity contribution in [2.24, 2.45) is 17.3 Å². The van der Waals surface area contributed by atoms with Crippen molar-refractivity contribution in [1.29, 1.82) is 0 Å². The van der Waals surface area contributed by atoms with Crippen LogP contribution in [0.4, 0.5) is 0 Å². The Morgan fingerprint density at radius 1 is 1.23 bits per heavy atom. The van der Waals surface area contributed by atoms with Gasteiger partial charge in [-0.2, -0.15) is 0 Å². The molecule has 0 spiro atoms. The number of phenols is 2. The molecule has 2 fully saturated rings. The number of aromatic hydroxyl groups is 2. The van der Waals surface area contributed by atoms with Gasteiger partial charge >= 0.3 is 0 Å². The van der Waals surface area contributed by atoms with Crippen LogP contribution in [0.1, 0.15) is 49.7 Å². The maximum Gasteiger partial charge on any atom is 0.162 e. The van der Waals surface area contributed by atoms with Crippen molar-refractivity contribution < 1.29 is 20.1 Å². The number of ketones is 1. The highest BCUT2D eigenvalue weighted by atomic mass is 16.3. The maximum absolute atomic E-state index is 12.0. The van der Waals surface area contributed by atoms with E-state index in [1.807, 2.05) is 0 Å². The fraction of sp³-hybridized carbons (Fsp3) is 0.611. The number of carbonyl (C=O) groups is 1. The van der Waals surface area contributed by atoms with Crippen molar-refractivity contribution in [3.05, 3.63) is 23.3 Å². The van der Waals surface area contributed by atoms with E-state index in [4.69, 9.17) is 0 Å². The third kappa shape index (κ3) is 1.70. The molecule has 0 aromatic heterocycles. The number of rotatable bonds is 0. The first kappa shape index (κ1) is 14.1. The number of aryl methyl sites for hydroxylation is 1. The first-order chi connectivity index (χ1) is 10.4. The minimum Gasteiger partial charge on any atom is -0.508 e. The van der Waals surface area contributed by atoms with Gasteiger partial charge in [0.15, 0.2) is 5.78 Å². The molecule has 0 unspecified atom stereocenters. The molecule has 0 aliphatic heterocycles. The second-order valence-electron chi connectivity index (χ2n) is 7.57. The molecule has 22 heavy (non-hydrogen) atoms. The number of phenolic OH excluding ortho intramolecular Hbond substituents is 2. The van der Waals surface area contributed by atoms with Crippen molar-refractivity contribution in [2.45, 2.75) is 51.0 Å². The zero-order chi connectivity index (χ0) is 15.6. The van der Waals surface area contributed by atoms with E-state index in [-0.39, 0.29) is 34.5 Å². The largest absolute Gasteiger partial charge is 0.508 e. The van der Waals surface area contributed by atoms with Crippen LogP contribution in [-0.2, 0) is 11.2 Å². The summed E-state index contributed by atoms with van der Waals surface area (Å²) in [6.07, 6.45) is 3.11. The van der Waals surface area contributed by atoms with Crippen molar-refractivity contribution in [2.75, 3.05) is 0 Å². The first-order valence-electron chi connectivity index (χ1n) is 8.17. The fourth-order valence-electron chi connectivity index (χ4n) is 5.45. The van der Waals surface area contributed by atoms with E-state index in [1.54, 1.807) is 6.07 Å². The summed E-state index contributed by atoms with van der Waals surface area (Å²) in [6.45, 7) is 2.05. The molecule has 0 heterocycles. The summed E-state index contributed by atoms with van der Waals surface area (Å²) in [5.74, 6) is 1.05. The number of Topliss-reactive ketones (excluding diaryl/α,β-unsaturated/α-hetero) is 1. The Morgan fingerprint density at radius 2 is 2.00 bits per heavy atom. The van der Waals surface area contributed by atoms with Gasteiger partial charge in [0.25, 0.3) is 0 Å². The van der Waals surface area contributed by atoms with Crippen molar-refractivity contribution >= 4 is 5.78 Å². The van der Waals surface area contributed by atoms with Gasteiger partial charge in [-0.1, -0.05) is 6.92 Å². The second-order valence-corrected chi connectivity index (χ2v) is 7.57. The van der Waals surface area contributed by atoms with E-state index in [0.717, 1.165) is 36.8 Å². The zero-order valence-corrected chi connectivity index (χ0v) is 12.7. The molecule has 4 rings (SSSR count). The van der Waals surface area contributed by atoms with Gasteiger partial charge in [0, 0.05) is 23.5 Å². The van der Waals surface area contributed by atoms with Crippen LogP contribution >= 0.6 is 0 Å². The standard InChI is InChI=1S/C18H22O4/c1-18-5-4-12-11(13(18)8-15(21)17(18)22)3-2-9-6-10(19)7-14(20)16(9)12/h6-7,11-13,17,19-20,22H,2-5,8H2,1H3/t11-,12-,13-,17-,18-/m0/s1. The highest BCUT2D eigenvalue weighted by molar-refractivity contribution is 5.86. The molecule has 3 N–H and O–H groups in total. The van der Waals surface area contributed by atoms with Gasteiger partial charge in [0.2, 0.25) is 0 Å². The van der Waals surface area contributed by atoms with Gasteiger partial charge in [-0.3, -0.25) is 4.79 Å². The number of aliphatic hydroxyl groups excluding tert-OH is 1. The third-order valence-electron chi connectivity index (χ3n) is 6.57. The first-order valence-corrected chi connectivity index (χ1v) is 8.17. The Labute approximate surface area is 129 Å². The van der Waals surface area contributed by atoms with Crippen LogP contribution in [0.5, 0.6) is 11.5 Å². The van der Waals surface area contributed by atoms with Gasteiger partial charge in [-0.05, 0) is 55.1 Å². The molecule has 1 aromatic carbocycles. The van der Waals surface area contributed by atoms with Gasteiger partial charge in [-0.15, -0.1) is 0 Å². The van der Waals surface area contributed by atoms with E-state index in [9.17, 15) is 20.1 Å². The Balaban J connectivity index is 1.76. The van der Waals surface area contributed by atoms with E-state index < -0.39 is 6.10 Å². The summed E-state index contributed by atoms with van der Waals surface area (Å²) in [7, 11) is 0. The monoisotopic (exact) mass is 302 g/mol. The van der Waals surface area contributed by atoms with Gasteiger partial charge in [0.05, 0.1) is 0 Å². The molecule has 2 saturated carbocycles. The van der Waals surface area contributed by atoms with E-state index in [1.165, 1.54) is 6.07 Å². The van der Waals surface area contributed by atoms with Crippen molar-refractivity contribution in [3.8, 4) is 11.5 Å². The van der Waals surface area contributed by atoms with Crippen LogP contribution in [0.3, 0.4) is 0 Å². The number of hydrogen-bond acceptors (Lipinski definition) is 4. The summed E-state index contributed by atoms with van der Waals surface area (Å²) in [4.78, 5) is 12.0. The van der Waals surface area contributed by atoms with E-state index in [2.05, 4.69) is 6.92 Å². The molecule has 0 bridgehead atoms. The van der Waals surface area contributed by atoms with Crippen molar-refractivity contribution in [3.63, 3.8) is 0 Å². The zero-order valence-electron chi connectivity index (χ0n) is 12.7.